The van der Waals surface area contributed by atoms with E-state index in [1.54, 1.807) is 13.2 Å². The number of benzene rings is 1. The van der Waals surface area contributed by atoms with Crippen LogP contribution in [0.4, 0.5) is 5.69 Å². The maximum absolute atomic E-state index is 8.90. The largest absolute Gasteiger partial charge is 0.495 e. The number of nitriles is 1. The third-order valence-electron chi connectivity index (χ3n) is 2.77. The molecule has 4 nitrogen and oxygen atoms in total. The lowest BCUT2D eigenvalue weighted by Gasteiger charge is -2.30. The molecule has 2 rings (SSSR count). The van der Waals surface area contributed by atoms with Crippen molar-refractivity contribution in [2.24, 2.45) is 0 Å². The van der Waals surface area contributed by atoms with Crippen LogP contribution in [-0.2, 0) is 0 Å². The molecule has 1 fully saturated rings. The van der Waals surface area contributed by atoms with Crippen LogP contribution in [0.25, 0.3) is 0 Å². The summed E-state index contributed by atoms with van der Waals surface area (Å²) < 4.78 is 5.33. The first-order valence-corrected chi connectivity index (χ1v) is 6.52. The summed E-state index contributed by atoms with van der Waals surface area (Å²) in [6.07, 6.45) is 1.47. The lowest BCUT2D eigenvalue weighted by atomic mass is 10.1. The predicted octanol–water partition coefficient (Wildman–Crippen LogP) is 1.83. The highest BCUT2D eigenvalue weighted by molar-refractivity contribution is 6.15. The van der Waals surface area contributed by atoms with Gasteiger partial charge in [-0.05, 0) is 18.2 Å². The Morgan fingerprint density at radius 3 is 2.56 bits per heavy atom. The highest BCUT2D eigenvalue weighted by Gasteiger charge is 2.15. The number of nitrogens with one attached hydrogen (secondary N) is 1. The van der Waals surface area contributed by atoms with E-state index in [-0.39, 0.29) is 0 Å². The van der Waals surface area contributed by atoms with Crippen LogP contribution in [-0.4, -0.2) is 39.7 Å². The minimum Gasteiger partial charge on any atom is -0.495 e. The molecule has 0 radical (unpaired) electrons. The summed E-state index contributed by atoms with van der Waals surface area (Å²) in [6.45, 7) is 3.84. The third kappa shape index (κ3) is 3.52. The standard InChI is InChI=1S/C12H15N3O.CH3Cl/c1-16-12-3-2-10(9-13)8-11(12)15-6-4-14-5-7-15;1-2/h2-3,8,14H,4-7H2,1H3;1H3. The van der Waals surface area contributed by atoms with E-state index in [4.69, 9.17) is 10.00 Å². The molecule has 0 aromatic heterocycles. The van der Waals surface area contributed by atoms with Gasteiger partial charge < -0.3 is 15.0 Å². The maximum Gasteiger partial charge on any atom is 0.142 e. The van der Waals surface area contributed by atoms with E-state index >= 15 is 0 Å². The molecule has 98 valence electrons. The van der Waals surface area contributed by atoms with E-state index in [2.05, 4.69) is 27.9 Å². The molecule has 1 aromatic carbocycles. The van der Waals surface area contributed by atoms with Crippen molar-refractivity contribution in [1.29, 1.82) is 5.26 Å². The van der Waals surface area contributed by atoms with Gasteiger partial charge in [-0.25, -0.2) is 0 Å². The zero-order chi connectivity index (χ0) is 13.4. The quantitative estimate of drug-likeness (QED) is 0.831. The second-order valence-electron chi connectivity index (χ2n) is 3.74. The van der Waals surface area contributed by atoms with Gasteiger partial charge in [-0.15, -0.1) is 11.6 Å². The monoisotopic (exact) mass is 267 g/mol. The molecule has 1 heterocycles. The van der Waals surface area contributed by atoms with Crippen molar-refractivity contribution in [2.45, 2.75) is 0 Å². The van der Waals surface area contributed by atoms with Crippen LogP contribution in [0.1, 0.15) is 5.56 Å². The first-order valence-electron chi connectivity index (χ1n) is 5.77. The first kappa shape index (κ1) is 14.6. The fourth-order valence-electron chi connectivity index (χ4n) is 1.91. The number of hydrogen-bond acceptors (Lipinski definition) is 4. The molecule has 5 heteroatoms. The maximum atomic E-state index is 8.90. The number of anilines is 1. The molecule has 0 saturated carbocycles. The number of halogens is 1. The minimum atomic E-state index is 0.675. The average Bonchev–Trinajstić information content (AvgIpc) is 2.49. The number of ether oxygens (including phenoxy) is 1. The molecule has 1 aliphatic rings. The molecule has 1 aliphatic heterocycles. The Morgan fingerprint density at radius 2 is 2.00 bits per heavy atom. The molecular weight excluding hydrogens is 250 g/mol. The van der Waals surface area contributed by atoms with Crippen LogP contribution < -0.4 is 15.0 Å². The number of methoxy groups -OCH3 is 1. The van der Waals surface area contributed by atoms with Crippen molar-refractivity contribution < 1.29 is 4.74 Å². The summed E-state index contributed by atoms with van der Waals surface area (Å²) in [7, 11) is 1.66. The number of nitrogens with zero attached hydrogens (tertiary/aromatic N) is 2. The zero-order valence-corrected chi connectivity index (χ0v) is 11.5. The van der Waals surface area contributed by atoms with Gasteiger partial charge in [0.2, 0.25) is 0 Å². The van der Waals surface area contributed by atoms with Crippen molar-refractivity contribution in [2.75, 3.05) is 44.6 Å². The lowest BCUT2D eigenvalue weighted by molar-refractivity contribution is 0.413. The molecule has 1 N–H and O–H groups in total. The molecule has 0 atom stereocenters. The summed E-state index contributed by atoms with van der Waals surface area (Å²) in [4.78, 5) is 2.25. The Bertz CT molecular complexity index is 411. The Morgan fingerprint density at radius 1 is 1.33 bits per heavy atom. The molecule has 1 saturated heterocycles. The second-order valence-corrected chi connectivity index (χ2v) is 3.74. The smallest absolute Gasteiger partial charge is 0.142 e. The van der Waals surface area contributed by atoms with Gasteiger partial charge >= 0.3 is 0 Å². The van der Waals surface area contributed by atoms with Crippen molar-refractivity contribution in [1.82, 2.24) is 5.32 Å². The Labute approximate surface area is 113 Å². The Kier molecular flexibility index (Phi) is 6.34. The van der Waals surface area contributed by atoms with Crippen molar-refractivity contribution in [3.63, 3.8) is 0 Å². The Balaban J connectivity index is 0.000000771. The number of alkyl halides is 1. The van der Waals surface area contributed by atoms with Crippen molar-refractivity contribution >= 4 is 17.3 Å². The topological polar surface area (TPSA) is 48.3 Å². The van der Waals surface area contributed by atoms with E-state index in [0.717, 1.165) is 37.6 Å². The number of hydrogen-bond donors (Lipinski definition) is 1. The molecule has 0 aliphatic carbocycles. The first-order chi connectivity index (χ1) is 8.85. The summed E-state index contributed by atoms with van der Waals surface area (Å²) in [5.41, 5.74) is 1.69. The predicted molar refractivity (Wildman–Crippen MR) is 74.6 cm³/mol. The van der Waals surface area contributed by atoms with E-state index in [0.29, 0.717) is 5.56 Å². The molecule has 0 unspecified atom stereocenters. The molecular formula is C13H18ClN3O. The van der Waals surface area contributed by atoms with E-state index in [1.807, 2.05) is 12.1 Å². The summed E-state index contributed by atoms with van der Waals surface area (Å²) in [5.74, 6) is 0.834. The molecule has 0 amide bonds. The highest BCUT2D eigenvalue weighted by Crippen LogP contribution is 2.29. The fraction of sp³-hybridized carbons (Fsp3) is 0.462. The van der Waals surface area contributed by atoms with Crippen LogP contribution in [0.15, 0.2) is 18.2 Å². The van der Waals surface area contributed by atoms with Gasteiger partial charge in [0.15, 0.2) is 0 Å². The van der Waals surface area contributed by atoms with Crippen molar-refractivity contribution in [3.8, 4) is 11.8 Å². The summed E-state index contributed by atoms with van der Waals surface area (Å²) >= 11 is 4.64. The van der Waals surface area contributed by atoms with Gasteiger partial charge in [-0.1, -0.05) is 0 Å². The second kappa shape index (κ2) is 7.80. The summed E-state index contributed by atoms with van der Waals surface area (Å²) in [5, 5.41) is 12.2. The average molecular weight is 268 g/mol. The lowest BCUT2D eigenvalue weighted by Crippen LogP contribution is -2.43. The normalized spacial score (nSPS) is 14.2. The molecule has 18 heavy (non-hydrogen) atoms. The third-order valence-corrected chi connectivity index (χ3v) is 2.77. The van der Waals surface area contributed by atoms with Gasteiger partial charge in [0.05, 0.1) is 24.4 Å². The van der Waals surface area contributed by atoms with E-state index < -0.39 is 0 Å². The number of rotatable bonds is 2. The van der Waals surface area contributed by atoms with Gasteiger partial charge in [0, 0.05) is 32.6 Å². The van der Waals surface area contributed by atoms with Crippen LogP contribution in [0, 0.1) is 11.3 Å². The fourth-order valence-corrected chi connectivity index (χ4v) is 1.91. The van der Waals surface area contributed by atoms with Crippen LogP contribution in [0.3, 0.4) is 0 Å². The highest BCUT2D eigenvalue weighted by atomic mass is 35.5. The minimum absolute atomic E-state index is 0.675. The van der Waals surface area contributed by atoms with E-state index in [1.165, 1.54) is 6.38 Å². The summed E-state index contributed by atoms with van der Waals surface area (Å²) in [6, 6.07) is 7.69. The number of piperazine rings is 1. The van der Waals surface area contributed by atoms with Crippen LogP contribution >= 0.6 is 11.6 Å². The molecule has 0 spiro atoms. The van der Waals surface area contributed by atoms with Crippen LogP contribution in [0.5, 0.6) is 5.75 Å². The van der Waals surface area contributed by atoms with Crippen molar-refractivity contribution in [3.05, 3.63) is 23.8 Å². The van der Waals surface area contributed by atoms with E-state index in [9.17, 15) is 0 Å². The van der Waals surface area contributed by atoms with Gasteiger partial charge in [-0.3, -0.25) is 0 Å². The Hall–Kier alpha value is -1.44. The zero-order valence-electron chi connectivity index (χ0n) is 10.7. The molecule has 1 aromatic rings. The van der Waals surface area contributed by atoms with Gasteiger partial charge in [0.1, 0.15) is 5.75 Å². The van der Waals surface area contributed by atoms with Gasteiger partial charge in [0.25, 0.3) is 0 Å². The molecule has 0 bridgehead atoms. The van der Waals surface area contributed by atoms with Gasteiger partial charge in [-0.2, -0.15) is 5.26 Å². The SMILES string of the molecule is CCl.COc1ccc(C#N)cc1N1CCNCC1. The van der Waals surface area contributed by atoms with Crippen LogP contribution in [0.2, 0.25) is 0 Å².